The Morgan fingerprint density at radius 1 is 1.50 bits per heavy atom. The summed E-state index contributed by atoms with van der Waals surface area (Å²) in [5.74, 6) is 0.0373. The van der Waals surface area contributed by atoms with Crippen molar-refractivity contribution in [1.82, 2.24) is 5.32 Å². The predicted octanol–water partition coefficient (Wildman–Crippen LogP) is 1.32. The summed E-state index contributed by atoms with van der Waals surface area (Å²) < 4.78 is 0. The Morgan fingerprint density at radius 3 is 2.78 bits per heavy atom. The molecule has 0 aliphatic heterocycles. The van der Waals surface area contributed by atoms with Gasteiger partial charge in [0.1, 0.15) is 4.99 Å². The number of benzene rings is 1. The second-order valence-electron chi connectivity index (χ2n) is 4.59. The van der Waals surface area contributed by atoms with Gasteiger partial charge in [0.25, 0.3) is 0 Å². The highest BCUT2D eigenvalue weighted by atomic mass is 32.1. The molecule has 0 unspecified atom stereocenters. The zero-order chi connectivity index (χ0) is 13.1. The lowest BCUT2D eigenvalue weighted by molar-refractivity contribution is -0.119. The summed E-state index contributed by atoms with van der Waals surface area (Å²) in [5, 5.41) is 6.05. The monoisotopic (exact) mass is 263 g/mol. The first kappa shape index (κ1) is 12.8. The normalized spacial score (nSPS) is 14.1. The van der Waals surface area contributed by atoms with Gasteiger partial charge in [0.05, 0.1) is 6.54 Å². The molecular formula is C13H17N3OS. The maximum atomic E-state index is 11.5. The molecule has 1 saturated carbocycles. The van der Waals surface area contributed by atoms with Gasteiger partial charge in [-0.1, -0.05) is 12.2 Å². The zero-order valence-corrected chi connectivity index (χ0v) is 11.1. The quantitative estimate of drug-likeness (QED) is 0.701. The number of amides is 1. The first-order valence-corrected chi connectivity index (χ1v) is 6.41. The van der Waals surface area contributed by atoms with Gasteiger partial charge in [0, 0.05) is 17.3 Å². The van der Waals surface area contributed by atoms with Crippen LogP contribution < -0.4 is 16.4 Å². The lowest BCUT2D eigenvalue weighted by Crippen LogP contribution is -2.31. The predicted molar refractivity (Wildman–Crippen MR) is 76.7 cm³/mol. The van der Waals surface area contributed by atoms with E-state index in [1.54, 1.807) is 0 Å². The standard InChI is InChI=1S/C13H17N3OS/c1-8-6-9(13(14)18)2-5-11(8)15-7-12(17)16-10-3-4-10/h2,5-6,10,15H,3-4,7H2,1H3,(H2,14,18)(H,16,17). The number of aryl methyl sites for hydroxylation is 1. The molecule has 5 heteroatoms. The van der Waals surface area contributed by atoms with Crippen LogP contribution >= 0.6 is 12.2 Å². The molecule has 1 aromatic rings. The summed E-state index contributed by atoms with van der Waals surface area (Å²) >= 11 is 4.92. The molecule has 0 heterocycles. The highest BCUT2D eigenvalue weighted by Gasteiger charge is 2.22. The molecule has 18 heavy (non-hydrogen) atoms. The van der Waals surface area contributed by atoms with Crippen molar-refractivity contribution in [3.63, 3.8) is 0 Å². The van der Waals surface area contributed by atoms with Gasteiger partial charge in [-0.05, 0) is 43.5 Å². The van der Waals surface area contributed by atoms with E-state index in [2.05, 4.69) is 10.6 Å². The molecular weight excluding hydrogens is 246 g/mol. The molecule has 0 atom stereocenters. The van der Waals surface area contributed by atoms with Crippen molar-refractivity contribution in [1.29, 1.82) is 0 Å². The van der Waals surface area contributed by atoms with E-state index < -0.39 is 0 Å². The third-order valence-corrected chi connectivity index (χ3v) is 3.13. The summed E-state index contributed by atoms with van der Waals surface area (Å²) in [4.78, 5) is 11.9. The maximum Gasteiger partial charge on any atom is 0.239 e. The van der Waals surface area contributed by atoms with Crippen LogP contribution in [0.1, 0.15) is 24.0 Å². The van der Waals surface area contributed by atoms with Gasteiger partial charge in [-0.2, -0.15) is 0 Å². The Labute approximate surface area is 112 Å². The van der Waals surface area contributed by atoms with Crippen LogP contribution in [0, 0.1) is 6.92 Å². The van der Waals surface area contributed by atoms with Crippen LogP contribution in [0.5, 0.6) is 0 Å². The van der Waals surface area contributed by atoms with Crippen molar-refractivity contribution in [2.45, 2.75) is 25.8 Å². The van der Waals surface area contributed by atoms with Crippen LogP contribution in [0.2, 0.25) is 0 Å². The number of hydrogen-bond donors (Lipinski definition) is 3. The number of hydrogen-bond acceptors (Lipinski definition) is 3. The molecule has 1 aromatic carbocycles. The van der Waals surface area contributed by atoms with Crippen LogP contribution in [0.15, 0.2) is 18.2 Å². The Morgan fingerprint density at radius 2 is 2.22 bits per heavy atom. The zero-order valence-electron chi connectivity index (χ0n) is 10.3. The third kappa shape index (κ3) is 3.43. The van der Waals surface area contributed by atoms with Crippen LogP contribution in [0.3, 0.4) is 0 Å². The Bertz CT molecular complexity index is 483. The molecule has 0 spiro atoms. The van der Waals surface area contributed by atoms with Crippen LogP contribution in [0.4, 0.5) is 5.69 Å². The van der Waals surface area contributed by atoms with E-state index in [0.717, 1.165) is 29.7 Å². The number of rotatable bonds is 5. The second kappa shape index (κ2) is 5.35. The van der Waals surface area contributed by atoms with Crippen LogP contribution in [-0.2, 0) is 4.79 Å². The number of nitrogens with one attached hydrogen (secondary N) is 2. The molecule has 1 amide bonds. The Kier molecular flexibility index (Phi) is 3.81. The number of nitrogens with two attached hydrogens (primary N) is 1. The molecule has 1 aliphatic rings. The van der Waals surface area contributed by atoms with Gasteiger partial charge in [-0.3, -0.25) is 4.79 Å². The smallest absolute Gasteiger partial charge is 0.239 e. The minimum Gasteiger partial charge on any atom is -0.389 e. The van der Waals surface area contributed by atoms with Crippen LogP contribution in [0.25, 0.3) is 0 Å². The fourth-order valence-corrected chi connectivity index (χ4v) is 1.82. The topological polar surface area (TPSA) is 67.1 Å². The van der Waals surface area contributed by atoms with E-state index >= 15 is 0 Å². The third-order valence-electron chi connectivity index (χ3n) is 2.89. The van der Waals surface area contributed by atoms with Crippen molar-refractivity contribution in [3.05, 3.63) is 29.3 Å². The summed E-state index contributed by atoms with van der Waals surface area (Å²) in [6.45, 7) is 2.26. The van der Waals surface area contributed by atoms with E-state index in [1.807, 2.05) is 25.1 Å². The molecule has 0 bridgehead atoms. The van der Waals surface area contributed by atoms with Crippen molar-refractivity contribution >= 4 is 28.8 Å². The van der Waals surface area contributed by atoms with Gasteiger partial charge < -0.3 is 16.4 Å². The van der Waals surface area contributed by atoms with E-state index in [9.17, 15) is 4.79 Å². The fourth-order valence-electron chi connectivity index (χ4n) is 1.70. The second-order valence-corrected chi connectivity index (χ2v) is 5.03. The number of thiocarbonyl (C=S) groups is 1. The SMILES string of the molecule is Cc1cc(C(N)=S)ccc1NCC(=O)NC1CC1. The van der Waals surface area contributed by atoms with E-state index in [0.29, 0.717) is 17.6 Å². The first-order chi connectivity index (χ1) is 8.56. The minimum atomic E-state index is 0.0373. The van der Waals surface area contributed by atoms with E-state index in [-0.39, 0.29) is 5.91 Å². The molecule has 0 radical (unpaired) electrons. The molecule has 0 aromatic heterocycles. The van der Waals surface area contributed by atoms with Crippen molar-refractivity contribution < 1.29 is 4.79 Å². The largest absolute Gasteiger partial charge is 0.389 e. The van der Waals surface area contributed by atoms with Crippen molar-refractivity contribution in [3.8, 4) is 0 Å². The minimum absolute atomic E-state index is 0.0373. The van der Waals surface area contributed by atoms with E-state index in [1.165, 1.54) is 0 Å². The lowest BCUT2D eigenvalue weighted by atomic mass is 10.1. The molecule has 4 N–H and O–H groups in total. The Hall–Kier alpha value is -1.62. The summed E-state index contributed by atoms with van der Waals surface area (Å²) in [6.07, 6.45) is 2.21. The van der Waals surface area contributed by atoms with Crippen molar-refractivity contribution in [2.24, 2.45) is 5.73 Å². The highest BCUT2D eigenvalue weighted by molar-refractivity contribution is 7.80. The highest BCUT2D eigenvalue weighted by Crippen LogP contribution is 2.19. The van der Waals surface area contributed by atoms with Crippen molar-refractivity contribution in [2.75, 3.05) is 11.9 Å². The molecule has 1 aliphatic carbocycles. The fraction of sp³-hybridized carbons (Fsp3) is 0.385. The molecule has 4 nitrogen and oxygen atoms in total. The molecule has 0 saturated heterocycles. The molecule has 96 valence electrons. The van der Waals surface area contributed by atoms with Crippen LogP contribution in [-0.4, -0.2) is 23.5 Å². The maximum absolute atomic E-state index is 11.5. The van der Waals surface area contributed by atoms with Gasteiger partial charge in [-0.25, -0.2) is 0 Å². The molecule has 2 rings (SSSR count). The van der Waals surface area contributed by atoms with Gasteiger partial charge in [-0.15, -0.1) is 0 Å². The van der Waals surface area contributed by atoms with Gasteiger partial charge in [0.2, 0.25) is 5.91 Å². The average molecular weight is 263 g/mol. The van der Waals surface area contributed by atoms with E-state index in [4.69, 9.17) is 18.0 Å². The number of carbonyl (C=O) groups excluding carboxylic acids is 1. The first-order valence-electron chi connectivity index (χ1n) is 6.00. The number of anilines is 1. The summed E-state index contributed by atoms with van der Waals surface area (Å²) in [5.41, 5.74) is 8.37. The van der Waals surface area contributed by atoms with Gasteiger partial charge >= 0.3 is 0 Å². The summed E-state index contributed by atoms with van der Waals surface area (Å²) in [6, 6.07) is 6.08. The summed E-state index contributed by atoms with van der Waals surface area (Å²) in [7, 11) is 0. The van der Waals surface area contributed by atoms with Gasteiger partial charge in [0.15, 0.2) is 0 Å². The average Bonchev–Trinajstić information content (AvgIpc) is 3.11. The lowest BCUT2D eigenvalue weighted by Gasteiger charge is -2.11. The Balaban J connectivity index is 1.92. The number of carbonyl (C=O) groups is 1. The molecule has 1 fully saturated rings.